The lowest BCUT2D eigenvalue weighted by Crippen LogP contribution is -2.48. The number of ketones is 1. The first-order valence-electron chi connectivity index (χ1n) is 10.7. The second kappa shape index (κ2) is 7.60. The number of fused-ring (bicyclic) bond motifs is 5. The Balaban J connectivity index is 1.85. The molecule has 0 bridgehead atoms. The van der Waals surface area contributed by atoms with Crippen LogP contribution in [0.15, 0.2) is 53.3 Å². The highest BCUT2D eigenvalue weighted by Crippen LogP contribution is 2.39. The Hall–Kier alpha value is -2.72. The largest absolute Gasteiger partial charge is 0.324 e. The summed E-state index contributed by atoms with van der Waals surface area (Å²) in [6, 6.07) is 15.2. The van der Waals surface area contributed by atoms with E-state index < -0.39 is 0 Å². The molecule has 0 saturated heterocycles. The van der Waals surface area contributed by atoms with Gasteiger partial charge in [-0.25, -0.2) is 0 Å². The summed E-state index contributed by atoms with van der Waals surface area (Å²) in [7, 11) is 0. The van der Waals surface area contributed by atoms with Gasteiger partial charge in [-0.05, 0) is 26.8 Å². The SMILES string of the molecule is CC[N+](CC)(CC)CCCn1c2c(c3ccccc3c1=O)C(=O)c1ccccc1-2. The first-order valence-corrected chi connectivity index (χ1v) is 10.7. The third-order valence-electron chi connectivity index (χ3n) is 6.86. The van der Waals surface area contributed by atoms with Gasteiger partial charge in [0, 0.05) is 34.9 Å². The smallest absolute Gasteiger partial charge is 0.258 e. The maximum Gasteiger partial charge on any atom is 0.258 e. The number of pyridine rings is 1. The van der Waals surface area contributed by atoms with Crippen molar-refractivity contribution in [2.75, 3.05) is 26.2 Å². The van der Waals surface area contributed by atoms with Gasteiger partial charge in [-0.2, -0.15) is 0 Å². The van der Waals surface area contributed by atoms with Crippen molar-refractivity contribution in [1.29, 1.82) is 0 Å². The van der Waals surface area contributed by atoms with E-state index in [2.05, 4.69) is 20.8 Å². The normalized spacial score (nSPS) is 13.0. The maximum atomic E-state index is 13.4. The Labute approximate surface area is 172 Å². The number of nitrogens with zero attached hydrogens (tertiary/aromatic N) is 2. The molecular weight excluding hydrogens is 360 g/mol. The van der Waals surface area contributed by atoms with Gasteiger partial charge in [0.1, 0.15) is 0 Å². The maximum absolute atomic E-state index is 13.4. The van der Waals surface area contributed by atoms with Gasteiger partial charge in [-0.15, -0.1) is 0 Å². The molecule has 4 heteroatoms. The van der Waals surface area contributed by atoms with E-state index in [9.17, 15) is 9.59 Å². The molecule has 29 heavy (non-hydrogen) atoms. The summed E-state index contributed by atoms with van der Waals surface area (Å²) in [5, 5.41) is 1.40. The van der Waals surface area contributed by atoms with E-state index >= 15 is 0 Å². The van der Waals surface area contributed by atoms with Crippen LogP contribution in [0.25, 0.3) is 22.0 Å². The lowest BCUT2D eigenvalue weighted by Gasteiger charge is -2.36. The van der Waals surface area contributed by atoms with E-state index in [0.29, 0.717) is 23.1 Å². The molecule has 4 nitrogen and oxygen atoms in total. The molecule has 1 aliphatic rings. The van der Waals surface area contributed by atoms with Gasteiger partial charge in [0.25, 0.3) is 5.56 Å². The number of hydrogen-bond donors (Lipinski definition) is 0. The minimum absolute atomic E-state index is 0.00597. The minimum Gasteiger partial charge on any atom is -0.324 e. The Morgan fingerprint density at radius 3 is 2.03 bits per heavy atom. The number of aromatic nitrogens is 1. The molecule has 1 aliphatic carbocycles. The summed E-state index contributed by atoms with van der Waals surface area (Å²) < 4.78 is 2.91. The average Bonchev–Trinajstić information content (AvgIpc) is 3.07. The number of hydrogen-bond acceptors (Lipinski definition) is 2. The first kappa shape index (κ1) is 19.6. The van der Waals surface area contributed by atoms with Crippen LogP contribution in [-0.2, 0) is 6.54 Å². The van der Waals surface area contributed by atoms with Gasteiger partial charge in [-0.1, -0.05) is 42.5 Å². The van der Waals surface area contributed by atoms with Crippen molar-refractivity contribution >= 4 is 16.6 Å². The van der Waals surface area contributed by atoms with Crippen LogP contribution in [0.5, 0.6) is 0 Å². The van der Waals surface area contributed by atoms with E-state index in [4.69, 9.17) is 0 Å². The quantitative estimate of drug-likeness (QED) is 0.437. The van der Waals surface area contributed by atoms with Crippen molar-refractivity contribution in [3.05, 3.63) is 70.0 Å². The Kier molecular flexibility index (Phi) is 5.13. The molecule has 0 spiro atoms. The van der Waals surface area contributed by atoms with Crippen molar-refractivity contribution in [3.63, 3.8) is 0 Å². The topological polar surface area (TPSA) is 39.1 Å². The summed E-state index contributed by atoms with van der Waals surface area (Å²) in [4.78, 5) is 26.6. The lowest BCUT2D eigenvalue weighted by atomic mass is 10.0. The van der Waals surface area contributed by atoms with Gasteiger partial charge < -0.3 is 9.05 Å². The number of carbonyl (C=O) groups excluding carboxylic acids is 1. The predicted octanol–water partition coefficient (Wildman–Crippen LogP) is 4.48. The molecule has 0 amide bonds. The molecule has 0 unspecified atom stereocenters. The zero-order valence-electron chi connectivity index (χ0n) is 17.6. The number of carbonyl (C=O) groups is 1. The van der Waals surface area contributed by atoms with Gasteiger partial charge in [0.05, 0.1) is 37.4 Å². The summed E-state index contributed by atoms with van der Waals surface area (Å²) in [6.45, 7) is 11.7. The zero-order chi connectivity index (χ0) is 20.6. The van der Waals surface area contributed by atoms with E-state index in [1.165, 1.54) is 0 Å². The van der Waals surface area contributed by atoms with Gasteiger partial charge >= 0.3 is 0 Å². The highest BCUT2D eigenvalue weighted by atomic mass is 16.1. The van der Waals surface area contributed by atoms with Crippen molar-refractivity contribution in [3.8, 4) is 11.3 Å². The highest BCUT2D eigenvalue weighted by Gasteiger charge is 2.32. The molecule has 1 heterocycles. The molecule has 0 N–H and O–H groups in total. The van der Waals surface area contributed by atoms with E-state index in [0.717, 1.165) is 53.7 Å². The first-order chi connectivity index (χ1) is 14.1. The average molecular weight is 390 g/mol. The molecule has 1 aromatic heterocycles. The third-order valence-corrected chi connectivity index (χ3v) is 6.86. The number of rotatable bonds is 7. The monoisotopic (exact) mass is 389 g/mol. The Bertz CT molecular complexity index is 1130. The summed E-state index contributed by atoms with van der Waals surface area (Å²) in [5.74, 6) is 0.0290. The second-order valence-electron chi connectivity index (χ2n) is 7.97. The molecule has 0 radical (unpaired) electrons. The van der Waals surface area contributed by atoms with Crippen LogP contribution in [0.1, 0.15) is 43.1 Å². The van der Waals surface area contributed by atoms with Crippen LogP contribution in [0.2, 0.25) is 0 Å². The van der Waals surface area contributed by atoms with Crippen LogP contribution in [0.4, 0.5) is 0 Å². The van der Waals surface area contributed by atoms with E-state index in [1.54, 1.807) is 0 Å². The highest BCUT2D eigenvalue weighted by molar-refractivity contribution is 6.26. The molecule has 0 fully saturated rings. The molecule has 3 aromatic rings. The van der Waals surface area contributed by atoms with Crippen molar-refractivity contribution in [2.45, 2.75) is 33.7 Å². The van der Waals surface area contributed by atoms with E-state index in [1.807, 2.05) is 53.1 Å². The van der Waals surface area contributed by atoms with Crippen LogP contribution in [-0.4, -0.2) is 41.0 Å². The molecule has 0 atom stereocenters. The molecule has 0 aliphatic heterocycles. The fourth-order valence-corrected chi connectivity index (χ4v) is 4.85. The standard InChI is InChI=1S/C25H29N2O2/c1-4-27(5-2,6-3)17-11-16-26-23-19-13-8-9-14-20(19)24(28)22(23)18-12-7-10-15-21(18)25(26)29/h7-10,12-15H,4-6,11,16-17H2,1-3H3/q+1. The number of quaternary nitrogens is 1. The second-order valence-corrected chi connectivity index (χ2v) is 7.97. The van der Waals surface area contributed by atoms with Crippen LogP contribution >= 0.6 is 0 Å². The summed E-state index contributed by atoms with van der Waals surface area (Å²) in [5.41, 5.74) is 3.08. The van der Waals surface area contributed by atoms with Crippen LogP contribution in [0.3, 0.4) is 0 Å². The lowest BCUT2D eigenvalue weighted by molar-refractivity contribution is -0.923. The summed E-state index contributed by atoms with van der Waals surface area (Å²) in [6.07, 6.45) is 0.913. The Morgan fingerprint density at radius 1 is 0.793 bits per heavy atom. The molecule has 150 valence electrons. The molecule has 2 aromatic carbocycles. The fraction of sp³-hybridized carbons (Fsp3) is 0.360. The third kappa shape index (κ3) is 3.03. The fourth-order valence-electron chi connectivity index (χ4n) is 4.85. The molecule has 4 rings (SSSR count). The predicted molar refractivity (Wildman–Crippen MR) is 118 cm³/mol. The van der Waals surface area contributed by atoms with Crippen LogP contribution in [0, 0.1) is 0 Å². The van der Waals surface area contributed by atoms with Gasteiger partial charge in [0.2, 0.25) is 0 Å². The van der Waals surface area contributed by atoms with E-state index in [-0.39, 0.29) is 11.3 Å². The molecular formula is C25H29N2O2+. The van der Waals surface area contributed by atoms with Gasteiger partial charge in [-0.3, -0.25) is 9.59 Å². The number of benzene rings is 2. The van der Waals surface area contributed by atoms with Crippen molar-refractivity contribution in [1.82, 2.24) is 4.57 Å². The Morgan fingerprint density at radius 2 is 1.38 bits per heavy atom. The molecule has 0 saturated carbocycles. The minimum atomic E-state index is 0.00597. The summed E-state index contributed by atoms with van der Waals surface area (Å²) >= 11 is 0. The van der Waals surface area contributed by atoms with Crippen LogP contribution < -0.4 is 5.56 Å². The van der Waals surface area contributed by atoms with Crippen molar-refractivity contribution in [2.24, 2.45) is 0 Å². The van der Waals surface area contributed by atoms with Gasteiger partial charge in [0.15, 0.2) is 5.78 Å². The van der Waals surface area contributed by atoms with Crippen molar-refractivity contribution < 1.29 is 9.28 Å². The zero-order valence-corrected chi connectivity index (χ0v) is 17.6.